The highest BCUT2D eigenvalue weighted by Gasteiger charge is 2.29. The first kappa shape index (κ1) is 28.5. The predicted octanol–water partition coefficient (Wildman–Crippen LogP) is 9.21. The number of rotatable bonds is 8. The van der Waals surface area contributed by atoms with Gasteiger partial charge in [-0.15, -0.1) is 0 Å². The van der Waals surface area contributed by atoms with E-state index in [0.29, 0.717) is 39.3 Å². The minimum atomic E-state index is -0.244. The van der Waals surface area contributed by atoms with Crippen molar-refractivity contribution in [3.8, 4) is 0 Å². The Balaban J connectivity index is 1.32. The number of amides is 1. The summed E-state index contributed by atoms with van der Waals surface area (Å²) in [5.74, 6) is 0.361. The summed E-state index contributed by atoms with van der Waals surface area (Å²) in [6, 6.07) is 16.7. The molecule has 1 amide bonds. The van der Waals surface area contributed by atoms with E-state index in [1.54, 1.807) is 18.2 Å². The zero-order valence-electron chi connectivity index (χ0n) is 22.6. The molecule has 1 aromatic heterocycles. The van der Waals surface area contributed by atoms with E-state index in [1.165, 1.54) is 32.1 Å². The number of benzene rings is 3. The molecular weight excluding hydrogens is 609 g/mol. The van der Waals surface area contributed by atoms with E-state index in [2.05, 4.69) is 45.4 Å². The molecule has 0 bridgehead atoms. The second kappa shape index (κ2) is 11.9. The van der Waals surface area contributed by atoms with Crippen molar-refractivity contribution in [2.24, 2.45) is 12.5 Å². The minimum absolute atomic E-state index is 0.149. The average molecular weight is 641 g/mol. The lowest BCUT2D eigenvalue weighted by Gasteiger charge is -2.36. The smallest absolute Gasteiger partial charge is 0.255 e. The number of anilines is 3. The molecule has 1 aliphatic rings. The molecule has 40 heavy (non-hydrogen) atoms. The maximum absolute atomic E-state index is 12.8. The molecule has 0 spiro atoms. The van der Waals surface area contributed by atoms with Gasteiger partial charge < -0.3 is 20.5 Å². The van der Waals surface area contributed by atoms with Crippen LogP contribution >= 0.6 is 39.1 Å². The summed E-state index contributed by atoms with van der Waals surface area (Å²) >= 11 is 16.5. The summed E-state index contributed by atoms with van der Waals surface area (Å²) in [5.41, 5.74) is 5.65. The zero-order valence-corrected chi connectivity index (χ0v) is 25.7. The summed E-state index contributed by atoms with van der Waals surface area (Å²) in [4.78, 5) is 17.5. The van der Waals surface area contributed by atoms with E-state index in [0.717, 1.165) is 26.9 Å². The average Bonchev–Trinajstić information content (AvgIpc) is 3.23. The van der Waals surface area contributed by atoms with Crippen LogP contribution in [0.3, 0.4) is 0 Å². The first-order valence-electron chi connectivity index (χ1n) is 13.3. The number of nitrogens with one attached hydrogen (secondary N) is 3. The molecule has 6 nitrogen and oxygen atoms in total. The fourth-order valence-electron chi connectivity index (χ4n) is 5.17. The van der Waals surface area contributed by atoms with E-state index in [-0.39, 0.29) is 11.3 Å². The molecule has 1 fully saturated rings. The Morgan fingerprint density at radius 2 is 1.75 bits per heavy atom. The molecule has 9 heteroatoms. The lowest BCUT2D eigenvalue weighted by Crippen LogP contribution is -2.30. The third kappa shape index (κ3) is 6.17. The number of allylic oxidation sites excluding steroid dienone is 1. The summed E-state index contributed by atoms with van der Waals surface area (Å²) in [5, 5.41) is 10.8. The van der Waals surface area contributed by atoms with Crippen molar-refractivity contribution >= 4 is 73.4 Å². The molecule has 0 aliphatic heterocycles. The maximum atomic E-state index is 12.8. The number of hydrogen-bond donors (Lipinski definition) is 3. The van der Waals surface area contributed by atoms with E-state index in [4.69, 9.17) is 28.2 Å². The number of aryl methyl sites for hydroxylation is 1. The van der Waals surface area contributed by atoms with Crippen molar-refractivity contribution < 1.29 is 4.79 Å². The van der Waals surface area contributed by atoms with Crippen LogP contribution in [0.5, 0.6) is 0 Å². The second-order valence-electron chi connectivity index (χ2n) is 10.7. The van der Waals surface area contributed by atoms with Gasteiger partial charge in [0.1, 0.15) is 0 Å². The zero-order chi connectivity index (χ0) is 28.4. The van der Waals surface area contributed by atoms with Gasteiger partial charge in [-0.1, -0.05) is 78.0 Å². The molecule has 1 heterocycles. The largest absolute Gasteiger partial charge is 0.384 e. The Kier molecular flexibility index (Phi) is 8.45. The van der Waals surface area contributed by atoms with Gasteiger partial charge in [-0.2, -0.15) is 0 Å². The van der Waals surface area contributed by atoms with Gasteiger partial charge in [0.05, 0.1) is 32.5 Å². The molecule has 1 saturated carbocycles. The lowest BCUT2D eigenvalue weighted by molar-refractivity contribution is 0.102. The fraction of sp³-hybridized carbons (Fsp3) is 0.290. The molecule has 0 saturated heterocycles. The molecular formula is C31H32BrCl2N5O. The van der Waals surface area contributed by atoms with Crippen LogP contribution in [-0.2, 0) is 13.6 Å². The Bertz CT molecular complexity index is 1580. The van der Waals surface area contributed by atoms with Gasteiger partial charge in [-0.05, 0) is 66.9 Å². The highest BCUT2D eigenvalue weighted by atomic mass is 79.9. The molecule has 208 valence electrons. The number of nitrogens with zero attached hydrogens (tertiary/aromatic N) is 2. The van der Waals surface area contributed by atoms with E-state index < -0.39 is 0 Å². The van der Waals surface area contributed by atoms with Crippen LogP contribution in [0.2, 0.25) is 10.0 Å². The van der Waals surface area contributed by atoms with Crippen LogP contribution in [0.25, 0.3) is 11.0 Å². The third-order valence-corrected chi connectivity index (χ3v) is 8.96. The van der Waals surface area contributed by atoms with Crippen molar-refractivity contribution in [3.05, 3.63) is 92.5 Å². The van der Waals surface area contributed by atoms with Crippen molar-refractivity contribution in [1.82, 2.24) is 14.9 Å². The molecule has 0 unspecified atom stereocenters. The molecule has 1 aliphatic carbocycles. The van der Waals surface area contributed by atoms with E-state index >= 15 is 0 Å². The van der Waals surface area contributed by atoms with Crippen molar-refractivity contribution in [1.29, 1.82) is 0 Å². The highest BCUT2D eigenvalue weighted by Crippen LogP contribution is 2.40. The Hall–Kier alpha value is -3.00. The molecule has 3 aromatic carbocycles. The summed E-state index contributed by atoms with van der Waals surface area (Å²) < 4.78 is 2.81. The Morgan fingerprint density at radius 3 is 2.48 bits per heavy atom. The van der Waals surface area contributed by atoms with E-state index in [9.17, 15) is 4.79 Å². The van der Waals surface area contributed by atoms with Gasteiger partial charge >= 0.3 is 0 Å². The van der Waals surface area contributed by atoms with E-state index in [1.807, 2.05) is 48.0 Å². The summed E-state index contributed by atoms with van der Waals surface area (Å²) in [7, 11) is 1.90. The SMILES string of the molecule is C=C(NCc1ccc(Cl)c(Nc2nc3cc(Cl)c(NC(=O)c4ccc(Br)cc4)cc3n2C)c1)C1(C)CCCCC1. The topological polar surface area (TPSA) is 71.0 Å². The summed E-state index contributed by atoms with van der Waals surface area (Å²) in [6.07, 6.45) is 6.19. The number of imidazole rings is 1. The number of aromatic nitrogens is 2. The van der Waals surface area contributed by atoms with Gasteiger partial charge in [0.2, 0.25) is 5.95 Å². The van der Waals surface area contributed by atoms with Gasteiger partial charge in [0.25, 0.3) is 5.91 Å². The monoisotopic (exact) mass is 639 g/mol. The van der Waals surface area contributed by atoms with Gasteiger partial charge in [-0.25, -0.2) is 4.98 Å². The maximum Gasteiger partial charge on any atom is 0.255 e. The predicted molar refractivity (Wildman–Crippen MR) is 170 cm³/mol. The van der Waals surface area contributed by atoms with Crippen molar-refractivity contribution in [2.45, 2.75) is 45.6 Å². The van der Waals surface area contributed by atoms with Crippen LogP contribution in [0.1, 0.15) is 54.9 Å². The number of fused-ring (bicyclic) bond motifs is 1. The van der Waals surface area contributed by atoms with Crippen molar-refractivity contribution in [3.63, 3.8) is 0 Å². The Labute approximate surface area is 253 Å². The molecule has 4 aromatic rings. The third-order valence-electron chi connectivity index (χ3n) is 7.79. The van der Waals surface area contributed by atoms with Crippen LogP contribution < -0.4 is 16.0 Å². The van der Waals surface area contributed by atoms with Crippen molar-refractivity contribution in [2.75, 3.05) is 10.6 Å². The fourth-order valence-corrected chi connectivity index (χ4v) is 5.80. The summed E-state index contributed by atoms with van der Waals surface area (Å²) in [6.45, 7) is 7.33. The quantitative estimate of drug-likeness (QED) is 0.180. The molecule has 5 rings (SSSR count). The number of halogens is 3. The Morgan fingerprint density at radius 1 is 1.02 bits per heavy atom. The van der Waals surface area contributed by atoms with Crippen LogP contribution in [0, 0.1) is 5.41 Å². The molecule has 0 radical (unpaired) electrons. The first-order valence-corrected chi connectivity index (χ1v) is 14.9. The van der Waals surface area contributed by atoms with Crippen LogP contribution in [0.15, 0.2) is 71.3 Å². The highest BCUT2D eigenvalue weighted by molar-refractivity contribution is 9.10. The second-order valence-corrected chi connectivity index (χ2v) is 12.4. The van der Waals surface area contributed by atoms with Gasteiger partial charge in [0.15, 0.2) is 0 Å². The van der Waals surface area contributed by atoms with Crippen LogP contribution in [0.4, 0.5) is 17.3 Å². The number of carbonyl (C=O) groups is 1. The van der Waals surface area contributed by atoms with Crippen LogP contribution in [-0.4, -0.2) is 15.5 Å². The standard InChI is InChI=1S/C31H32BrCl2N5O/c1-19(31(2)13-5-4-6-14-31)35-18-20-7-12-23(33)25(15-20)37-30-38-27-16-24(34)26(17-28(27)39(30)3)36-29(40)21-8-10-22(32)11-9-21/h7-12,15-17,35H,1,4-6,13-14,18H2,2-3H3,(H,36,40)(H,37,38). The molecule has 3 N–H and O–H groups in total. The number of carbonyl (C=O) groups excluding carboxylic acids is 1. The first-order chi connectivity index (χ1) is 19.1. The lowest BCUT2D eigenvalue weighted by atomic mass is 9.73. The normalized spacial score (nSPS) is 14.6. The number of hydrogen-bond acceptors (Lipinski definition) is 4. The van der Waals surface area contributed by atoms with Gasteiger partial charge in [0, 0.05) is 34.7 Å². The van der Waals surface area contributed by atoms with Gasteiger partial charge in [-0.3, -0.25) is 4.79 Å². The molecule has 0 atom stereocenters. The minimum Gasteiger partial charge on any atom is -0.384 e.